The second-order valence-electron chi connectivity index (χ2n) is 1.56. The fourth-order valence-electron chi connectivity index (χ4n) is 0.366. The Labute approximate surface area is 81.0 Å². The summed E-state index contributed by atoms with van der Waals surface area (Å²) < 4.78 is 0.260. The van der Waals surface area contributed by atoms with Crippen molar-refractivity contribution in [2.45, 2.75) is 19.3 Å². The third kappa shape index (κ3) is 8.80. The summed E-state index contributed by atoms with van der Waals surface area (Å²) in [5.41, 5.74) is 0. The SMILES string of the molecule is O=C(I)CCCC(=O)I. The van der Waals surface area contributed by atoms with Gasteiger partial charge in [-0.15, -0.1) is 0 Å². The highest BCUT2D eigenvalue weighted by atomic mass is 127. The maximum absolute atomic E-state index is 10.3. The van der Waals surface area contributed by atoms with Gasteiger partial charge in [-0.2, -0.15) is 0 Å². The lowest BCUT2D eigenvalue weighted by Gasteiger charge is -1.88. The summed E-state index contributed by atoms with van der Waals surface area (Å²) >= 11 is 3.47. The molecule has 0 amide bonds. The molecule has 52 valence electrons. The predicted octanol–water partition coefficient (Wildman–Crippen LogP) is 2.08. The highest BCUT2D eigenvalue weighted by molar-refractivity contribution is 14.1. The first-order chi connectivity index (χ1) is 4.13. The Morgan fingerprint density at radius 3 is 1.56 bits per heavy atom. The minimum atomic E-state index is 0.130. The average Bonchev–Trinajstić information content (AvgIpc) is 1.63. The van der Waals surface area contributed by atoms with E-state index in [0.29, 0.717) is 19.3 Å². The van der Waals surface area contributed by atoms with Crippen LogP contribution >= 0.6 is 45.2 Å². The molecule has 0 fully saturated rings. The van der Waals surface area contributed by atoms with Crippen LogP contribution in [-0.2, 0) is 9.59 Å². The zero-order valence-electron chi connectivity index (χ0n) is 4.69. The molecule has 0 bridgehead atoms. The van der Waals surface area contributed by atoms with Crippen LogP contribution in [0.3, 0.4) is 0 Å². The summed E-state index contributed by atoms with van der Waals surface area (Å²) in [4.78, 5) is 20.6. The summed E-state index contributed by atoms with van der Waals surface area (Å²) in [5, 5.41) is 0. The van der Waals surface area contributed by atoms with Crippen molar-refractivity contribution in [3.63, 3.8) is 0 Å². The van der Waals surface area contributed by atoms with Gasteiger partial charge in [-0.1, -0.05) is 0 Å². The summed E-state index contributed by atoms with van der Waals surface area (Å²) in [6, 6.07) is 0. The lowest BCUT2D eigenvalue weighted by atomic mass is 10.3. The molecule has 9 heavy (non-hydrogen) atoms. The number of hydrogen-bond acceptors (Lipinski definition) is 2. The Morgan fingerprint density at radius 1 is 1.00 bits per heavy atom. The monoisotopic (exact) mass is 352 g/mol. The lowest BCUT2D eigenvalue weighted by Crippen LogP contribution is -1.88. The van der Waals surface area contributed by atoms with Crippen LogP contribution in [0.4, 0.5) is 0 Å². The van der Waals surface area contributed by atoms with Crippen LogP contribution < -0.4 is 0 Å². The number of rotatable bonds is 4. The Hall–Kier alpha value is 0.800. The predicted molar refractivity (Wildman–Crippen MR) is 51.9 cm³/mol. The number of hydrogen-bond donors (Lipinski definition) is 0. The van der Waals surface area contributed by atoms with Crippen LogP contribution in [0, 0.1) is 0 Å². The van der Waals surface area contributed by atoms with Gasteiger partial charge < -0.3 is 0 Å². The van der Waals surface area contributed by atoms with Gasteiger partial charge in [-0.25, -0.2) is 0 Å². The molecule has 0 aliphatic carbocycles. The molecular formula is C5H6I2O2. The van der Waals surface area contributed by atoms with Gasteiger partial charge in [0, 0.05) is 12.8 Å². The van der Waals surface area contributed by atoms with Crippen LogP contribution in [0.1, 0.15) is 19.3 Å². The van der Waals surface area contributed by atoms with Crippen LogP contribution in [0.5, 0.6) is 0 Å². The molecule has 0 saturated carbocycles. The maximum atomic E-state index is 10.3. The number of carbonyl (C=O) groups is 2. The van der Waals surface area contributed by atoms with Crippen LogP contribution in [-0.4, -0.2) is 7.58 Å². The largest absolute Gasteiger partial charge is 0.288 e. The molecule has 2 nitrogen and oxygen atoms in total. The van der Waals surface area contributed by atoms with E-state index in [2.05, 4.69) is 0 Å². The average molecular weight is 352 g/mol. The smallest absolute Gasteiger partial charge is 0.192 e. The van der Waals surface area contributed by atoms with Gasteiger partial charge >= 0.3 is 0 Å². The van der Waals surface area contributed by atoms with Crippen molar-refractivity contribution >= 4 is 52.8 Å². The van der Waals surface area contributed by atoms with E-state index < -0.39 is 0 Å². The van der Waals surface area contributed by atoms with Crippen molar-refractivity contribution in [3.05, 3.63) is 0 Å². The third-order valence-corrected chi connectivity index (χ3v) is 1.83. The van der Waals surface area contributed by atoms with Crippen molar-refractivity contribution in [1.29, 1.82) is 0 Å². The first-order valence-electron chi connectivity index (χ1n) is 2.49. The lowest BCUT2D eigenvalue weighted by molar-refractivity contribution is -0.110. The van der Waals surface area contributed by atoms with Gasteiger partial charge in [0.05, 0.1) is 0 Å². The van der Waals surface area contributed by atoms with E-state index in [0.717, 1.165) is 0 Å². The van der Waals surface area contributed by atoms with Crippen LogP contribution in [0.2, 0.25) is 0 Å². The molecule has 4 heteroatoms. The van der Waals surface area contributed by atoms with Crippen LogP contribution in [0.25, 0.3) is 0 Å². The maximum Gasteiger partial charge on any atom is 0.192 e. The molecule has 0 saturated heterocycles. The molecule has 0 aromatic rings. The molecule has 0 radical (unpaired) electrons. The van der Waals surface area contributed by atoms with Gasteiger partial charge in [0.1, 0.15) is 0 Å². The normalized spacial score (nSPS) is 9.11. The highest BCUT2D eigenvalue weighted by Gasteiger charge is 1.97. The Balaban J connectivity index is 3.10. The Kier molecular flexibility index (Phi) is 6.07. The molecule has 0 rings (SSSR count). The van der Waals surface area contributed by atoms with Crippen molar-refractivity contribution in [1.82, 2.24) is 0 Å². The van der Waals surface area contributed by atoms with E-state index in [4.69, 9.17) is 0 Å². The molecule has 0 aromatic heterocycles. The highest BCUT2D eigenvalue weighted by Crippen LogP contribution is 2.04. The van der Waals surface area contributed by atoms with Crippen molar-refractivity contribution in [2.24, 2.45) is 0 Å². The van der Waals surface area contributed by atoms with Crippen molar-refractivity contribution < 1.29 is 9.59 Å². The molecule has 0 atom stereocenters. The third-order valence-electron chi connectivity index (χ3n) is 0.747. The molecule has 0 aliphatic rings. The molecular weight excluding hydrogens is 346 g/mol. The fourth-order valence-corrected chi connectivity index (χ4v) is 1.13. The number of halogens is 2. The summed E-state index contributed by atoms with van der Waals surface area (Å²) in [7, 11) is 0. The second kappa shape index (κ2) is 5.57. The van der Waals surface area contributed by atoms with E-state index in [1.54, 1.807) is 45.2 Å². The Morgan fingerprint density at radius 2 is 1.33 bits per heavy atom. The van der Waals surface area contributed by atoms with E-state index >= 15 is 0 Å². The molecule has 0 heterocycles. The van der Waals surface area contributed by atoms with Crippen LogP contribution in [0.15, 0.2) is 0 Å². The van der Waals surface area contributed by atoms with E-state index in [-0.39, 0.29) is 7.58 Å². The molecule has 0 spiro atoms. The fraction of sp³-hybridized carbons (Fsp3) is 0.600. The van der Waals surface area contributed by atoms with Gasteiger partial charge in [-0.05, 0) is 51.6 Å². The summed E-state index contributed by atoms with van der Waals surface area (Å²) in [6.45, 7) is 0. The molecule has 0 aromatic carbocycles. The second-order valence-corrected chi connectivity index (χ2v) is 3.97. The standard InChI is InChI=1S/C5H6I2O2/c6-4(8)2-1-3-5(7)9/h1-3H2. The minimum absolute atomic E-state index is 0.130. The number of carbonyl (C=O) groups excluding carboxylic acids is 2. The van der Waals surface area contributed by atoms with E-state index in [1.165, 1.54) is 0 Å². The topological polar surface area (TPSA) is 34.1 Å². The minimum Gasteiger partial charge on any atom is -0.288 e. The molecule has 0 N–H and O–H groups in total. The summed E-state index contributed by atoms with van der Waals surface area (Å²) in [6.07, 6.45) is 1.74. The summed E-state index contributed by atoms with van der Waals surface area (Å²) in [5.74, 6) is 0. The van der Waals surface area contributed by atoms with Crippen molar-refractivity contribution in [3.8, 4) is 0 Å². The van der Waals surface area contributed by atoms with E-state index in [1.807, 2.05) is 0 Å². The first kappa shape index (κ1) is 9.80. The van der Waals surface area contributed by atoms with Gasteiger partial charge in [0.2, 0.25) is 0 Å². The zero-order valence-corrected chi connectivity index (χ0v) is 9.01. The van der Waals surface area contributed by atoms with E-state index in [9.17, 15) is 9.59 Å². The van der Waals surface area contributed by atoms with Gasteiger partial charge in [0.25, 0.3) is 0 Å². The molecule has 0 aliphatic heterocycles. The first-order valence-corrected chi connectivity index (χ1v) is 4.65. The van der Waals surface area contributed by atoms with Gasteiger partial charge in [-0.3, -0.25) is 9.59 Å². The quantitative estimate of drug-likeness (QED) is 0.574. The molecule has 0 unspecified atom stereocenters. The van der Waals surface area contributed by atoms with Gasteiger partial charge in [0.15, 0.2) is 7.58 Å². The zero-order chi connectivity index (χ0) is 7.28. The van der Waals surface area contributed by atoms with Crippen molar-refractivity contribution in [2.75, 3.05) is 0 Å². The Bertz CT molecular complexity index is 108.